The molecule has 110 valence electrons. The van der Waals surface area contributed by atoms with Crippen molar-refractivity contribution in [2.24, 2.45) is 5.92 Å². The molecule has 1 aromatic rings. The molecule has 0 atom stereocenters. The number of ketones is 1. The third-order valence-electron chi connectivity index (χ3n) is 2.75. The van der Waals surface area contributed by atoms with E-state index in [1.807, 2.05) is 13.0 Å². The van der Waals surface area contributed by atoms with Gasteiger partial charge in [0, 0.05) is 5.56 Å². The van der Waals surface area contributed by atoms with Crippen LogP contribution in [-0.4, -0.2) is 25.0 Å². The quantitative estimate of drug-likeness (QED) is 0.437. The zero-order chi connectivity index (χ0) is 15.1. The summed E-state index contributed by atoms with van der Waals surface area (Å²) < 4.78 is 10.4. The van der Waals surface area contributed by atoms with Gasteiger partial charge in [-0.3, -0.25) is 4.79 Å². The lowest BCUT2D eigenvalue weighted by molar-refractivity contribution is -0.137. The Morgan fingerprint density at radius 2 is 1.90 bits per heavy atom. The Hall–Kier alpha value is -1.84. The molecule has 4 nitrogen and oxygen atoms in total. The summed E-state index contributed by atoms with van der Waals surface area (Å²) >= 11 is 0. The fourth-order valence-corrected chi connectivity index (χ4v) is 1.74. The van der Waals surface area contributed by atoms with Crippen LogP contribution in [0.25, 0.3) is 0 Å². The lowest BCUT2D eigenvalue weighted by Gasteiger charge is -2.12. The van der Waals surface area contributed by atoms with Gasteiger partial charge in [-0.25, -0.2) is 4.79 Å². The topological polar surface area (TPSA) is 52.6 Å². The largest absolute Gasteiger partial charge is 0.493 e. The SMILES string of the molecule is CCOC(=O)C(=O)c1ccc(OCC(C)C)cc1CC. The molecule has 0 unspecified atom stereocenters. The molecule has 4 heteroatoms. The molecule has 1 rings (SSSR count). The molecular formula is C16H22O4. The first-order valence-corrected chi connectivity index (χ1v) is 6.96. The zero-order valence-electron chi connectivity index (χ0n) is 12.6. The predicted molar refractivity (Wildman–Crippen MR) is 77.1 cm³/mol. The summed E-state index contributed by atoms with van der Waals surface area (Å²) in [6.45, 7) is 8.56. The summed E-state index contributed by atoms with van der Waals surface area (Å²) in [7, 11) is 0. The van der Waals surface area contributed by atoms with Gasteiger partial charge in [-0.2, -0.15) is 0 Å². The average Bonchev–Trinajstić information content (AvgIpc) is 2.44. The molecule has 0 saturated heterocycles. The van der Waals surface area contributed by atoms with Crippen LogP contribution in [0.2, 0.25) is 0 Å². The molecule has 0 saturated carbocycles. The Morgan fingerprint density at radius 3 is 2.45 bits per heavy atom. The predicted octanol–water partition coefficient (Wildman–Crippen LogP) is 3.03. The molecule has 0 fully saturated rings. The van der Waals surface area contributed by atoms with Crippen LogP contribution in [0.15, 0.2) is 18.2 Å². The van der Waals surface area contributed by atoms with Gasteiger partial charge in [0.15, 0.2) is 0 Å². The molecule has 0 aromatic heterocycles. The standard InChI is InChI=1S/C16H22O4/c1-5-12-9-13(20-10-11(3)4)7-8-14(12)15(17)16(18)19-6-2/h7-9,11H,5-6,10H2,1-4H3. The van der Waals surface area contributed by atoms with E-state index in [1.54, 1.807) is 19.1 Å². The number of carbonyl (C=O) groups excluding carboxylic acids is 2. The van der Waals surface area contributed by atoms with E-state index in [1.165, 1.54) is 0 Å². The smallest absolute Gasteiger partial charge is 0.379 e. The summed E-state index contributed by atoms with van der Waals surface area (Å²) in [5, 5.41) is 0. The van der Waals surface area contributed by atoms with Crippen LogP contribution in [0.3, 0.4) is 0 Å². The minimum Gasteiger partial charge on any atom is -0.493 e. The van der Waals surface area contributed by atoms with Gasteiger partial charge in [0.2, 0.25) is 0 Å². The molecule has 0 heterocycles. The van der Waals surface area contributed by atoms with Crippen LogP contribution >= 0.6 is 0 Å². The summed E-state index contributed by atoms with van der Waals surface area (Å²) in [5.74, 6) is -0.256. The first-order chi connectivity index (χ1) is 9.49. The Bertz CT molecular complexity index is 477. The number of hydrogen-bond acceptors (Lipinski definition) is 4. The van der Waals surface area contributed by atoms with Crippen molar-refractivity contribution in [2.75, 3.05) is 13.2 Å². The molecule has 0 N–H and O–H groups in total. The Labute approximate surface area is 120 Å². The van der Waals surface area contributed by atoms with Crippen LogP contribution in [-0.2, 0) is 16.0 Å². The van der Waals surface area contributed by atoms with Crippen LogP contribution in [0.1, 0.15) is 43.6 Å². The molecule has 1 aromatic carbocycles. The third kappa shape index (κ3) is 4.37. The van der Waals surface area contributed by atoms with Crippen molar-refractivity contribution in [3.05, 3.63) is 29.3 Å². The number of carbonyl (C=O) groups is 2. The first-order valence-electron chi connectivity index (χ1n) is 6.96. The molecule has 20 heavy (non-hydrogen) atoms. The molecular weight excluding hydrogens is 256 g/mol. The van der Waals surface area contributed by atoms with E-state index in [0.29, 0.717) is 24.5 Å². The van der Waals surface area contributed by atoms with Crippen LogP contribution < -0.4 is 4.74 Å². The van der Waals surface area contributed by atoms with Gasteiger partial charge in [0.05, 0.1) is 13.2 Å². The number of ether oxygens (including phenoxy) is 2. The summed E-state index contributed by atoms with van der Waals surface area (Å²) in [6.07, 6.45) is 0.652. The number of aryl methyl sites for hydroxylation is 1. The monoisotopic (exact) mass is 278 g/mol. The van der Waals surface area contributed by atoms with Gasteiger partial charge < -0.3 is 9.47 Å². The highest BCUT2D eigenvalue weighted by molar-refractivity contribution is 6.41. The highest BCUT2D eigenvalue weighted by Crippen LogP contribution is 2.20. The van der Waals surface area contributed by atoms with E-state index in [4.69, 9.17) is 9.47 Å². The lowest BCUT2D eigenvalue weighted by atomic mass is 10.0. The van der Waals surface area contributed by atoms with E-state index in [-0.39, 0.29) is 6.61 Å². The Morgan fingerprint density at radius 1 is 1.20 bits per heavy atom. The fourth-order valence-electron chi connectivity index (χ4n) is 1.74. The molecule has 0 amide bonds. The second-order valence-corrected chi connectivity index (χ2v) is 4.93. The highest BCUT2D eigenvalue weighted by atomic mass is 16.5. The van der Waals surface area contributed by atoms with Crippen LogP contribution in [0.5, 0.6) is 5.75 Å². The van der Waals surface area contributed by atoms with Crippen LogP contribution in [0.4, 0.5) is 0 Å². The van der Waals surface area contributed by atoms with Crippen molar-refractivity contribution in [3.63, 3.8) is 0 Å². The van der Waals surface area contributed by atoms with Crippen molar-refractivity contribution in [3.8, 4) is 5.75 Å². The first kappa shape index (κ1) is 16.2. The lowest BCUT2D eigenvalue weighted by Crippen LogP contribution is -2.19. The van der Waals surface area contributed by atoms with Gasteiger partial charge >= 0.3 is 5.97 Å². The van der Waals surface area contributed by atoms with Gasteiger partial charge in [0.1, 0.15) is 5.75 Å². The average molecular weight is 278 g/mol. The molecule has 0 aliphatic rings. The van der Waals surface area contributed by atoms with Crippen LogP contribution in [0, 0.1) is 5.92 Å². The fraction of sp³-hybridized carbons (Fsp3) is 0.500. The maximum absolute atomic E-state index is 12.0. The molecule has 0 spiro atoms. The zero-order valence-corrected chi connectivity index (χ0v) is 12.6. The Kier molecular flexibility index (Phi) is 6.22. The number of esters is 1. The number of rotatable bonds is 7. The number of Topliss-reactive ketones (excluding diaryl/α,β-unsaturated/α-hetero) is 1. The Balaban J connectivity index is 2.93. The van der Waals surface area contributed by atoms with Crippen molar-refractivity contribution in [1.82, 2.24) is 0 Å². The van der Waals surface area contributed by atoms with E-state index < -0.39 is 11.8 Å². The van der Waals surface area contributed by atoms with Crippen molar-refractivity contribution in [2.45, 2.75) is 34.1 Å². The van der Waals surface area contributed by atoms with Crippen molar-refractivity contribution in [1.29, 1.82) is 0 Å². The molecule has 0 aliphatic heterocycles. The van der Waals surface area contributed by atoms with E-state index in [9.17, 15) is 9.59 Å². The van der Waals surface area contributed by atoms with Gasteiger partial charge in [-0.15, -0.1) is 0 Å². The summed E-state index contributed by atoms with van der Waals surface area (Å²) in [6, 6.07) is 5.16. The van der Waals surface area contributed by atoms with E-state index in [0.717, 1.165) is 11.3 Å². The van der Waals surface area contributed by atoms with Gasteiger partial charge in [-0.1, -0.05) is 20.8 Å². The maximum atomic E-state index is 12.0. The minimum absolute atomic E-state index is 0.196. The third-order valence-corrected chi connectivity index (χ3v) is 2.75. The molecule has 0 bridgehead atoms. The summed E-state index contributed by atoms with van der Waals surface area (Å²) in [5.41, 5.74) is 1.19. The number of hydrogen-bond donors (Lipinski definition) is 0. The van der Waals surface area contributed by atoms with Gasteiger partial charge in [-0.05, 0) is 43.0 Å². The van der Waals surface area contributed by atoms with Gasteiger partial charge in [0.25, 0.3) is 5.78 Å². The van der Waals surface area contributed by atoms with Crippen molar-refractivity contribution < 1.29 is 19.1 Å². The number of benzene rings is 1. The summed E-state index contributed by atoms with van der Waals surface area (Å²) in [4.78, 5) is 23.5. The maximum Gasteiger partial charge on any atom is 0.379 e. The normalized spacial score (nSPS) is 10.4. The van der Waals surface area contributed by atoms with E-state index in [2.05, 4.69) is 13.8 Å². The molecule has 0 aliphatic carbocycles. The molecule has 0 radical (unpaired) electrons. The second kappa shape index (κ2) is 7.68. The highest BCUT2D eigenvalue weighted by Gasteiger charge is 2.20. The minimum atomic E-state index is -0.807. The van der Waals surface area contributed by atoms with E-state index >= 15 is 0 Å². The van der Waals surface area contributed by atoms with Crippen molar-refractivity contribution >= 4 is 11.8 Å². The second-order valence-electron chi connectivity index (χ2n) is 4.93.